The van der Waals surface area contributed by atoms with E-state index in [4.69, 9.17) is 4.98 Å². The summed E-state index contributed by atoms with van der Waals surface area (Å²) in [5.74, 6) is 1.30. The lowest BCUT2D eigenvalue weighted by atomic mass is 10.2. The number of anilines is 2. The quantitative estimate of drug-likeness (QED) is 0.379. The van der Waals surface area contributed by atoms with Gasteiger partial charge in [0.1, 0.15) is 11.6 Å². The third-order valence-corrected chi connectivity index (χ3v) is 6.51. The monoisotopic (exact) mass is 504 g/mol. The molecule has 0 bridgehead atoms. The smallest absolute Gasteiger partial charge is 0.404 e. The van der Waals surface area contributed by atoms with E-state index < -0.39 is 6.09 Å². The molecule has 5 aromatic heterocycles. The van der Waals surface area contributed by atoms with Gasteiger partial charge in [0.25, 0.3) is 0 Å². The first-order valence-corrected chi connectivity index (χ1v) is 11.9. The maximum Gasteiger partial charge on any atom is 0.404 e. The molecule has 5 heterocycles. The van der Waals surface area contributed by atoms with E-state index in [9.17, 15) is 9.59 Å². The van der Waals surface area contributed by atoms with Gasteiger partial charge >= 0.3 is 11.8 Å². The first kappa shape index (κ1) is 24.0. The maximum absolute atomic E-state index is 12.9. The number of amides is 1. The van der Waals surface area contributed by atoms with Gasteiger partial charge in [-0.2, -0.15) is 10.2 Å². The second kappa shape index (κ2) is 9.76. The van der Waals surface area contributed by atoms with E-state index in [0.29, 0.717) is 11.6 Å². The third kappa shape index (κ3) is 4.62. The molecule has 0 aliphatic heterocycles. The van der Waals surface area contributed by atoms with Crippen LogP contribution in [0.5, 0.6) is 0 Å². The lowest BCUT2D eigenvalue weighted by molar-refractivity contribution is 0.182. The van der Waals surface area contributed by atoms with Crippen LogP contribution in [-0.4, -0.2) is 51.7 Å². The number of rotatable bonds is 4. The zero-order valence-corrected chi connectivity index (χ0v) is 20.8. The van der Waals surface area contributed by atoms with Crippen LogP contribution in [0.15, 0.2) is 47.9 Å². The number of fused-ring (bicyclic) bond motifs is 2. The molecule has 0 saturated heterocycles. The molecule has 1 saturated carbocycles. The van der Waals surface area contributed by atoms with Crippen molar-refractivity contribution in [3.05, 3.63) is 53.6 Å². The van der Waals surface area contributed by atoms with Gasteiger partial charge in [-0.1, -0.05) is 12.8 Å². The predicted molar refractivity (Wildman–Crippen MR) is 138 cm³/mol. The summed E-state index contributed by atoms with van der Waals surface area (Å²) in [6.07, 6.45) is 12.8. The zero-order chi connectivity index (χ0) is 26.1. The standard InChI is InChI=1S/C22H23N9O.C2H5NO2/c1-28-13-14(10-24-28)16-11-25-30-8-7-19(27-21(16)30)26-20-9-17-18(12-23-20)29(2)22(32)31(17)15-5-3-4-6-15;1-5-2(3)4/h7-13,15H,3-6H2,1-2H3,(H,23,26,27);1H3,(H2,3,4). The minimum absolute atomic E-state index is 0.0192. The van der Waals surface area contributed by atoms with Gasteiger partial charge in [-0.25, -0.2) is 24.1 Å². The molecule has 13 heteroatoms. The SMILES string of the molecule is COC(N)=O.Cn1cc(-c2cnn3ccc(Nc4cc5c(cn4)n(C)c(=O)n5C4CCCC4)nc23)cn1. The molecule has 1 fully saturated rings. The molecule has 1 aliphatic rings. The van der Waals surface area contributed by atoms with Crippen LogP contribution in [0.4, 0.5) is 16.4 Å². The number of imidazole rings is 1. The number of nitrogens with zero attached hydrogens (tertiary/aromatic N) is 8. The fourth-order valence-electron chi connectivity index (χ4n) is 4.67. The Kier molecular flexibility index (Phi) is 6.34. The number of carbonyl (C=O) groups excluding carboxylic acids is 1. The van der Waals surface area contributed by atoms with Crippen molar-refractivity contribution < 1.29 is 9.53 Å². The van der Waals surface area contributed by atoms with Crippen LogP contribution in [0.3, 0.4) is 0 Å². The van der Waals surface area contributed by atoms with Gasteiger partial charge < -0.3 is 15.8 Å². The second-order valence-corrected chi connectivity index (χ2v) is 8.90. The molecule has 3 N–H and O–H groups in total. The van der Waals surface area contributed by atoms with E-state index >= 15 is 0 Å². The minimum Gasteiger partial charge on any atom is -0.453 e. The summed E-state index contributed by atoms with van der Waals surface area (Å²) in [6.45, 7) is 0. The summed E-state index contributed by atoms with van der Waals surface area (Å²) in [4.78, 5) is 31.5. The number of ether oxygens (including phenoxy) is 1. The van der Waals surface area contributed by atoms with Crippen LogP contribution in [0, 0.1) is 0 Å². The van der Waals surface area contributed by atoms with Crippen LogP contribution in [0.2, 0.25) is 0 Å². The highest BCUT2D eigenvalue weighted by Gasteiger charge is 2.23. The molecule has 13 nitrogen and oxygen atoms in total. The molecule has 0 atom stereocenters. The van der Waals surface area contributed by atoms with E-state index in [1.807, 2.05) is 36.1 Å². The van der Waals surface area contributed by atoms with Crippen LogP contribution in [0.1, 0.15) is 31.7 Å². The molecule has 0 unspecified atom stereocenters. The van der Waals surface area contributed by atoms with Crippen LogP contribution in [-0.2, 0) is 18.8 Å². The Balaban J connectivity index is 0.000000514. The van der Waals surface area contributed by atoms with Crippen molar-refractivity contribution in [1.29, 1.82) is 0 Å². The fourth-order valence-corrected chi connectivity index (χ4v) is 4.67. The Morgan fingerprint density at radius 3 is 2.54 bits per heavy atom. The minimum atomic E-state index is -0.745. The first-order chi connectivity index (χ1) is 17.9. The van der Waals surface area contributed by atoms with Crippen molar-refractivity contribution in [3.8, 4) is 11.1 Å². The van der Waals surface area contributed by atoms with Crippen LogP contribution < -0.4 is 16.7 Å². The van der Waals surface area contributed by atoms with Gasteiger partial charge in [0.05, 0.1) is 36.7 Å². The zero-order valence-electron chi connectivity index (χ0n) is 20.8. The van der Waals surface area contributed by atoms with E-state index in [-0.39, 0.29) is 11.7 Å². The van der Waals surface area contributed by atoms with E-state index in [0.717, 1.165) is 53.5 Å². The lowest BCUT2D eigenvalue weighted by Crippen LogP contribution is -2.24. The Morgan fingerprint density at radius 1 is 1.11 bits per heavy atom. The number of nitrogens with one attached hydrogen (secondary N) is 1. The topological polar surface area (TPSA) is 152 Å². The van der Waals surface area contributed by atoms with Crippen molar-refractivity contribution in [3.63, 3.8) is 0 Å². The molecule has 1 amide bonds. The number of primary amides is 1. The molecular weight excluding hydrogens is 476 g/mol. The molecule has 6 rings (SSSR count). The molecule has 0 aromatic carbocycles. The van der Waals surface area contributed by atoms with Crippen LogP contribution in [0.25, 0.3) is 27.8 Å². The number of pyridine rings is 1. The van der Waals surface area contributed by atoms with Crippen molar-refractivity contribution in [1.82, 2.24) is 38.5 Å². The van der Waals surface area contributed by atoms with Gasteiger partial charge in [0.15, 0.2) is 5.65 Å². The molecule has 0 spiro atoms. The lowest BCUT2D eigenvalue weighted by Gasteiger charge is -2.12. The summed E-state index contributed by atoms with van der Waals surface area (Å²) in [5.41, 5.74) is 8.78. The van der Waals surface area contributed by atoms with Gasteiger partial charge in [-0.05, 0) is 18.9 Å². The number of hydrogen-bond acceptors (Lipinski definition) is 8. The number of carbonyl (C=O) groups is 1. The summed E-state index contributed by atoms with van der Waals surface area (Å²) in [6, 6.07) is 4.05. The molecule has 1 aliphatic carbocycles. The molecule has 37 heavy (non-hydrogen) atoms. The Morgan fingerprint density at radius 2 is 1.86 bits per heavy atom. The van der Waals surface area contributed by atoms with Gasteiger partial charge in [-0.3, -0.25) is 13.8 Å². The van der Waals surface area contributed by atoms with E-state index in [1.165, 1.54) is 7.11 Å². The molecule has 192 valence electrons. The number of methoxy groups -OCH3 is 1. The first-order valence-electron chi connectivity index (χ1n) is 11.9. The largest absolute Gasteiger partial charge is 0.453 e. The van der Waals surface area contributed by atoms with E-state index in [2.05, 4.69) is 31.0 Å². The predicted octanol–water partition coefficient (Wildman–Crippen LogP) is 2.75. The van der Waals surface area contributed by atoms with Crippen molar-refractivity contribution in [2.45, 2.75) is 31.7 Å². The highest BCUT2D eigenvalue weighted by atomic mass is 16.5. The number of hydrogen-bond donors (Lipinski definition) is 2. The highest BCUT2D eigenvalue weighted by Crippen LogP contribution is 2.32. The Bertz CT molecular complexity index is 1640. The average Bonchev–Trinajstić information content (AvgIpc) is 3.68. The summed E-state index contributed by atoms with van der Waals surface area (Å²) >= 11 is 0. The van der Waals surface area contributed by atoms with Crippen molar-refractivity contribution >= 4 is 34.4 Å². The highest BCUT2D eigenvalue weighted by molar-refractivity contribution is 5.80. The molecule has 5 aromatic rings. The number of nitrogens with two attached hydrogens (primary N) is 1. The second-order valence-electron chi connectivity index (χ2n) is 8.90. The Labute approximate surface area is 211 Å². The summed E-state index contributed by atoms with van der Waals surface area (Å²) < 4.78 is 11.0. The maximum atomic E-state index is 12.9. The fraction of sp³-hybridized carbons (Fsp3) is 0.333. The van der Waals surface area contributed by atoms with Crippen LogP contribution >= 0.6 is 0 Å². The summed E-state index contributed by atoms with van der Waals surface area (Å²) in [5, 5.41) is 11.9. The molecular formula is C24H28N10O3. The van der Waals surface area contributed by atoms with Gasteiger partial charge in [0.2, 0.25) is 0 Å². The normalized spacial score (nSPS) is 13.6. The average molecular weight is 505 g/mol. The van der Waals surface area contributed by atoms with Gasteiger partial charge in [0, 0.05) is 49.7 Å². The third-order valence-electron chi connectivity index (χ3n) is 6.51. The Hall–Kier alpha value is -4.68. The van der Waals surface area contributed by atoms with Crippen molar-refractivity contribution in [2.24, 2.45) is 19.8 Å². The van der Waals surface area contributed by atoms with E-state index in [1.54, 1.807) is 39.4 Å². The number of aryl methyl sites for hydroxylation is 2. The number of aromatic nitrogens is 8. The van der Waals surface area contributed by atoms with Crippen molar-refractivity contribution in [2.75, 3.05) is 12.4 Å². The molecule has 0 radical (unpaired) electrons. The summed E-state index contributed by atoms with van der Waals surface area (Å²) in [7, 11) is 4.91. The van der Waals surface area contributed by atoms with Gasteiger partial charge in [-0.15, -0.1) is 0 Å².